The number of hydrogen-bond acceptors (Lipinski definition) is 8. The Bertz CT molecular complexity index is 1300. The highest BCUT2D eigenvalue weighted by molar-refractivity contribution is 7.17. The number of anilines is 2. The first-order chi connectivity index (χ1) is 16.2. The molecule has 1 aliphatic rings. The number of halogens is 1. The highest BCUT2D eigenvalue weighted by atomic mass is 35.5. The monoisotopic (exact) mass is 479 g/mol. The van der Waals surface area contributed by atoms with Gasteiger partial charge in [0.15, 0.2) is 0 Å². The Morgan fingerprint density at radius 2 is 2.03 bits per heavy atom. The largest absolute Gasteiger partial charge is 0.489 e. The summed E-state index contributed by atoms with van der Waals surface area (Å²) in [7, 11) is 0. The van der Waals surface area contributed by atoms with E-state index in [-0.39, 0.29) is 5.91 Å². The number of amides is 1. The molecule has 5 rings (SSSR count). The second-order valence-corrected chi connectivity index (χ2v) is 8.50. The van der Waals surface area contributed by atoms with E-state index in [2.05, 4.69) is 25.8 Å². The number of ether oxygens (including phenoxy) is 2. The Hall–Kier alpha value is -3.69. The molecule has 0 aliphatic carbocycles. The van der Waals surface area contributed by atoms with Crippen LogP contribution in [0.2, 0.25) is 5.02 Å². The smallest absolute Gasteiger partial charge is 0.296 e. The van der Waals surface area contributed by atoms with Crippen molar-refractivity contribution in [1.29, 1.82) is 0 Å². The third-order valence-electron chi connectivity index (χ3n) is 4.94. The Labute approximate surface area is 198 Å². The standard InChI is InChI=1S/C23H18ClN5O3S/c24-15-6-4-14(5-7-15)13-32-23-29-28-22(33-23)27-21(30)17-8-9-25-12-18(17)16-2-1-3-19-20(16)31-11-10-26-19/h1-9,12,26H,10-11,13H2,(H,27,28,30). The molecule has 0 bridgehead atoms. The minimum atomic E-state index is -0.325. The number of nitrogens with one attached hydrogen (secondary N) is 2. The number of benzene rings is 2. The van der Waals surface area contributed by atoms with E-state index in [0.717, 1.165) is 34.7 Å². The van der Waals surface area contributed by atoms with Crippen molar-refractivity contribution in [2.24, 2.45) is 0 Å². The predicted octanol–water partition coefficient (Wildman–Crippen LogP) is 4.89. The summed E-state index contributed by atoms with van der Waals surface area (Å²) in [6, 6.07) is 14.8. The Balaban J connectivity index is 1.32. The first-order valence-corrected chi connectivity index (χ1v) is 11.3. The van der Waals surface area contributed by atoms with Crippen LogP contribution in [0, 0.1) is 0 Å². The topological polar surface area (TPSA) is 98.3 Å². The lowest BCUT2D eigenvalue weighted by Crippen LogP contribution is -2.19. The molecule has 1 amide bonds. The summed E-state index contributed by atoms with van der Waals surface area (Å²) in [5.74, 6) is 0.383. The van der Waals surface area contributed by atoms with Crippen LogP contribution in [0.5, 0.6) is 10.9 Å². The Morgan fingerprint density at radius 1 is 1.15 bits per heavy atom. The van der Waals surface area contributed by atoms with E-state index in [1.807, 2.05) is 30.3 Å². The summed E-state index contributed by atoms with van der Waals surface area (Å²) in [4.78, 5) is 17.3. The second-order valence-electron chi connectivity index (χ2n) is 7.12. The molecule has 2 aromatic heterocycles. The van der Waals surface area contributed by atoms with Gasteiger partial charge in [-0.2, -0.15) is 0 Å². The van der Waals surface area contributed by atoms with Crippen LogP contribution < -0.4 is 20.1 Å². The van der Waals surface area contributed by atoms with Gasteiger partial charge in [0.05, 0.1) is 11.3 Å². The van der Waals surface area contributed by atoms with Gasteiger partial charge in [-0.05, 0) is 41.2 Å². The van der Waals surface area contributed by atoms with Crippen molar-refractivity contribution < 1.29 is 14.3 Å². The number of pyridine rings is 1. The fourth-order valence-corrected chi connectivity index (χ4v) is 4.11. The van der Waals surface area contributed by atoms with Crippen molar-refractivity contribution in [3.05, 3.63) is 77.1 Å². The molecule has 0 saturated heterocycles. The van der Waals surface area contributed by atoms with Crippen molar-refractivity contribution in [2.75, 3.05) is 23.8 Å². The maximum Gasteiger partial charge on any atom is 0.296 e. The van der Waals surface area contributed by atoms with E-state index in [1.165, 1.54) is 0 Å². The fraction of sp³-hybridized carbons (Fsp3) is 0.130. The molecule has 0 spiro atoms. The van der Waals surface area contributed by atoms with E-state index < -0.39 is 0 Å². The number of fused-ring (bicyclic) bond motifs is 1. The van der Waals surface area contributed by atoms with E-state index in [9.17, 15) is 4.79 Å². The number of carbonyl (C=O) groups excluding carboxylic acids is 1. The number of para-hydroxylation sites is 1. The van der Waals surface area contributed by atoms with E-state index in [0.29, 0.717) is 45.4 Å². The third kappa shape index (κ3) is 4.74. The zero-order chi connectivity index (χ0) is 22.6. The van der Waals surface area contributed by atoms with E-state index in [1.54, 1.807) is 30.6 Å². The minimum absolute atomic E-state index is 0.321. The summed E-state index contributed by atoms with van der Waals surface area (Å²) in [5, 5.41) is 15.5. The average Bonchev–Trinajstić information content (AvgIpc) is 3.30. The van der Waals surface area contributed by atoms with Gasteiger partial charge in [0.25, 0.3) is 11.1 Å². The molecule has 2 N–H and O–H groups in total. The van der Waals surface area contributed by atoms with Gasteiger partial charge in [0, 0.05) is 35.1 Å². The van der Waals surface area contributed by atoms with Gasteiger partial charge >= 0.3 is 0 Å². The fourth-order valence-electron chi connectivity index (χ4n) is 3.40. The minimum Gasteiger partial charge on any atom is -0.489 e. The van der Waals surface area contributed by atoms with Crippen molar-refractivity contribution in [1.82, 2.24) is 15.2 Å². The zero-order valence-electron chi connectivity index (χ0n) is 17.2. The van der Waals surface area contributed by atoms with Crippen LogP contribution in [-0.2, 0) is 6.61 Å². The highest BCUT2D eigenvalue weighted by Gasteiger charge is 2.21. The van der Waals surface area contributed by atoms with Gasteiger partial charge in [0.2, 0.25) is 5.13 Å². The molecule has 0 saturated carbocycles. The lowest BCUT2D eigenvalue weighted by Gasteiger charge is -2.22. The molecule has 0 fully saturated rings. The Morgan fingerprint density at radius 3 is 2.91 bits per heavy atom. The first kappa shape index (κ1) is 21.2. The number of hydrogen-bond donors (Lipinski definition) is 2. The van der Waals surface area contributed by atoms with Gasteiger partial charge in [0.1, 0.15) is 19.0 Å². The summed E-state index contributed by atoms with van der Waals surface area (Å²) in [6.07, 6.45) is 3.23. The summed E-state index contributed by atoms with van der Waals surface area (Å²) >= 11 is 7.05. The van der Waals surface area contributed by atoms with Crippen molar-refractivity contribution in [3.8, 4) is 22.1 Å². The van der Waals surface area contributed by atoms with E-state index >= 15 is 0 Å². The number of rotatable bonds is 6. The van der Waals surface area contributed by atoms with Crippen LogP contribution in [0.25, 0.3) is 11.1 Å². The SMILES string of the molecule is O=C(Nc1nnc(OCc2ccc(Cl)cc2)s1)c1ccncc1-c1cccc2c1OCCN2. The number of carbonyl (C=O) groups is 1. The quantitative estimate of drug-likeness (QED) is 0.406. The van der Waals surface area contributed by atoms with Gasteiger partial charge in [-0.1, -0.05) is 41.0 Å². The molecule has 3 heterocycles. The van der Waals surface area contributed by atoms with Crippen LogP contribution in [-0.4, -0.2) is 34.2 Å². The molecule has 1 aliphatic heterocycles. The molecule has 4 aromatic rings. The van der Waals surface area contributed by atoms with Crippen LogP contribution in [0.4, 0.5) is 10.8 Å². The first-order valence-electron chi connectivity index (χ1n) is 10.1. The van der Waals surface area contributed by atoms with Crippen molar-refractivity contribution in [3.63, 3.8) is 0 Å². The van der Waals surface area contributed by atoms with Crippen molar-refractivity contribution >= 4 is 39.7 Å². The van der Waals surface area contributed by atoms with Gasteiger partial charge in [-0.15, -0.1) is 5.10 Å². The zero-order valence-corrected chi connectivity index (χ0v) is 18.8. The van der Waals surface area contributed by atoms with E-state index in [4.69, 9.17) is 21.1 Å². The van der Waals surface area contributed by atoms with Crippen LogP contribution >= 0.6 is 22.9 Å². The highest BCUT2D eigenvalue weighted by Crippen LogP contribution is 2.39. The maximum absolute atomic E-state index is 13.1. The second kappa shape index (κ2) is 9.43. The van der Waals surface area contributed by atoms with Gasteiger partial charge in [-0.3, -0.25) is 15.1 Å². The lowest BCUT2D eigenvalue weighted by molar-refractivity contribution is 0.102. The van der Waals surface area contributed by atoms with Crippen LogP contribution in [0.15, 0.2) is 60.9 Å². The molecule has 0 atom stereocenters. The number of nitrogens with zero attached hydrogens (tertiary/aromatic N) is 3. The van der Waals surface area contributed by atoms with Gasteiger partial charge in [-0.25, -0.2) is 0 Å². The molecule has 2 aromatic carbocycles. The lowest BCUT2D eigenvalue weighted by atomic mass is 9.99. The normalized spacial score (nSPS) is 12.3. The summed E-state index contributed by atoms with van der Waals surface area (Å²) < 4.78 is 11.5. The van der Waals surface area contributed by atoms with Crippen LogP contribution in [0.1, 0.15) is 15.9 Å². The maximum atomic E-state index is 13.1. The molecular formula is C23H18ClN5O3S. The molecular weight excluding hydrogens is 462 g/mol. The van der Waals surface area contributed by atoms with Crippen molar-refractivity contribution in [2.45, 2.75) is 6.61 Å². The molecule has 0 unspecified atom stereocenters. The summed E-state index contributed by atoms with van der Waals surface area (Å²) in [6.45, 7) is 1.60. The predicted molar refractivity (Wildman–Crippen MR) is 127 cm³/mol. The Kier molecular flexibility index (Phi) is 6.05. The molecule has 33 heavy (non-hydrogen) atoms. The molecule has 0 radical (unpaired) electrons. The molecule has 166 valence electrons. The number of aromatic nitrogens is 3. The molecule has 10 heteroatoms. The molecule has 8 nitrogen and oxygen atoms in total. The van der Waals surface area contributed by atoms with Crippen LogP contribution in [0.3, 0.4) is 0 Å². The average molecular weight is 480 g/mol. The summed E-state index contributed by atoms with van der Waals surface area (Å²) in [5.41, 5.74) is 3.75. The van der Waals surface area contributed by atoms with Gasteiger partial charge < -0.3 is 14.8 Å². The third-order valence-corrected chi connectivity index (χ3v) is 5.94.